The van der Waals surface area contributed by atoms with Crippen molar-refractivity contribution in [2.75, 3.05) is 7.05 Å². The fraction of sp³-hybridized carbons (Fsp3) is 0.167. The van der Waals surface area contributed by atoms with Crippen LogP contribution in [0, 0.1) is 3.57 Å². The van der Waals surface area contributed by atoms with Crippen molar-refractivity contribution >= 4 is 61.5 Å². The minimum atomic E-state index is 0.168. The Kier molecular flexibility index (Phi) is 4.88. The summed E-state index contributed by atoms with van der Waals surface area (Å²) in [5.41, 5.74) is 2.46. The van der Waals surface area contributed by atoms with Crippen molar-refractivity contribution in [2.24, 2.45) is 0 Å². The number of rotatable bonds is 3. The third kappa shape index (κ3) is 3.04. The van der Waals surface area contributed by atoms with Crippen LogP contribution in [0.25, 0.3) is 0 Å². The lowest BCUT2D eigenvalue weighted by Gasteiger charge is -2.18. The number of thiophene rings is 1. The van der Waals surface area contributed by atoms with Gasteiger partial charge in [0.05, 0.1) is 6.04 Å². The number of nitrogens with one attached hydrogen (secondary N) is 1. The van der Waals surface area contributed by atoms with Gasteiger partial charge in [0.1, 0.15) is 0 Å². The summed E-state index contributed by atoms with van der Waals surface area (Å²) < 4.78 is 2.35. The van der Waals surface area contributed by atoms with Crippen LogP contribution in [-0.4, -0.2) is 7.05 Å². The molecule has 1 aromatic heterocycles. The highest BCUT2D eigenvalue weighted by molar-refractivity contribution is 14.1. The largest absolute Gasteiger partial charge is 0.309 e. The zero-order valence-electron chi connectivity index (χ0n) is 9.01. The van der Waals surface area contributed by atoms with Crippen molar-refractivity contribution in [3.63, 3.8) is 0 Å². The summed E-state index contributed by atoms with van der Waals surface area (Å²) in [5.74, 6) is 0. The van der Waals surface area contributed by atoms with Crippen LogP contribution < -0.4 is 5.32 Å². The highest BCUT2D eigenvalue weighted by Crippen LogP contribution is 2.34. The van der Waals surface area contributed by atoms with E-state index in [2.05, 4.69) is 54.6 Å². The van der Waals surface area contributed by atoms with Gasteiger partial charge in [-0.1, -0.05) is 11.6 Å². The third-order valence-corrected chi connectivity index (χ3v) is 5.48. The fourth-order valence-corrected chi connectivity index (χ4v) is 4.09. The molecule has 1 heterocycles. The van der Waals surface area contributed by atoms with E-state index in [9.17, 15) is 0 Å². The molecule has 0 saturated heterocycles. The van der Waals surface area contributed by atoms with Crippen LogP contribution in [0.4, 0.5) is 0 Å². The summed E-state index contributed by atoms with van der Waals surface area (Å²) in [6.45, 7) is 0. The zero-order valence-corrected chi connectivity index (χ0v) is 14.3. The van der Waals surface area contributed by atoms with E-state index < -0.39 is 0 Å². The molecule has 2 rings (SSSR count). The average molecular weight is 443 g/mol. The van der Waals surface area contributed by atoms with Gasteiger partial charge >= 0.3 is 0 Å². The van der Waals surface area contributed by atoms with Crippen LogP contribution >= 0.6 is 61.5 Å². The Morgan fingerprint density at radius 1 is 1.35 bits per heavy atom. The summed E-state index contributed by atoms with van der Waals surface area (Å²) in [6.07, 6.45) is 0. The third-order valence-electron chi connectivity index (χ3n) is 2.51. The normalized spacial score (nSPS) is 12.7. The number of hydrogen-bond donors (Lipinski definition) is 1. The van der Waals surface area contributed by atoms with E-state index in [0.717, 1.165) is 9.50 Å². The number of hydrogen-bond acceptors (Lipinski definition) is 2. The van der Waals surface area contributed by atoms with Gasteiger partial charge in [-0.25, -0.2) is 0 Å². The van der Waals surface area contributed by atoms with E-state index >= 15 is 0 Å². The van der Waals surface area contributed by atoms with E-state index in [0.29, 0.717) is 0 Å². The topological polar surface area (TPSA) is 12.0 Å². The molecule has 0 radical (unpaired) electrons. The Balaban J connectivity index is 2.49. The molecule has 0 aliphatic heterocycles. The minimum absolute atomic E-state index is 0.168. The Labute approximate surface area is 132 Å². The van der Waals surface area contributed by atoms with Crippen molar-refractivity contribution in [1.29, 1.82) is 0 Å². The molecule has 2 aromatic rings. The van der Waals surface area contributed by atoms with Crippen molar-refractivity contribution in [3.05, 3.63) is 53.2 Å². The Bertz CT molecular complexity index is 529. The molecule has 1 unspecified atom stereocenters. The second-order valence-electron chi connectivity index (χ2n) is 3.56. The smallest absolute Gasteiger partial charge is 0.0604 e. The summed E-state index contributed by atoms with van der Waals surface area (Å²) in [6, 6.07) is 6.15. The van der Waals surface area contributed by atoms with Crippen LogP contribution in [0.2, 0.25) is 5.02 Å². The highest BCUT2D eigenvalue weighted by atomic mass is 127. The second-order valence-corrected chi connectivity index (χ2v) is 6.76. The van der Waals surface area contributed by atoms with Gasteiger partial charge in [0.25, 0.3) is 0 Å². The fourth-order valence-electron chi connectivity index (χ4n) is 1.71. The van der Waals surface area contributed by atoms with E-state index in [1.54, 1.807) is 11.3 Å². The number of benzene rings is 1. The molecule has 0 spiro atoms. The first-order valence-corrected chi connectivity index (χ1v) is 8.16. The molecule has 5 heteroatoms. The Morgan fingerprint density at radius 3 is 2.71 bits per heavy atom. The van der Waals surface area contributed by atoms with Gasteiger partial charge in [-0.2, -0.15) is 11.3 Å². The van der Waals surface area contributed by atoms with Gasteiger partial charge in [0.2, 0.25) is 0 Å². The van der Waals surface area contributed by atoms with Gasteiger partial charge in [0.15, 0.2) is 0 Å². The van der Waals surface area contributed by atoms with E-state index in [-0.39, 0.29) is 6.04 Å². The molecule has 0 saturated carbocycles. The van der Waals surface area contributed by atoms with Crippen molar-refractivity contribution in [3.8, 4) is 0 Å². The summed E-state index contributed by atoms with van der Waals surface area (Å²) in [4.78, 5) is 0. The quantitative estimate of drug-likeness (QED) is 0.654. The van der Waals surface area contributed by atoms with Gasteiger partial charge in [-0.05, 0) is 80.3 Å². The van der Waals surface area contributed by atoms with Crippen LogP contribution in [0.1, 0.15) is 17.2 Å². The predicted molar refractivity (Wildman–Crippen MR) is 87.1 cm³/mol. The maximum atomic E-state index is 6.08. The molecular weight excluding hydrogens is 432 g/mol. The molecule has 0 aliphatic carbocycles. The SMILES string of the molecule is CNC(c1cscc1Br)c1cc(Cl)ccc1I. The lowest BCUT2D eigenvalue weighted by atomic mass is 10.0. The van der Waals surface area contributed by atoms with Gasteiger partial charge < -0.3 is 5.32 Å². The summed E-state index contributed by atoms with van der Waals surface area (Å²) in [7, 11) is 1.96. The van der Waals surface area contributed by atoms with Crippen LogP contribution in [0.15, 0.2) is 33.4 Å². The van der Waals surface area contributed by atoms with Crippen molar-refractivity contribution in [2.45, 2.75) is 6.04 Å². The number of halogens is 3. The van der Waals surface area contributed by atoms with Gasteiger partial charge in [0, 0.05) is 18.4 Å². The van der Waals surface area contributed by atoms with E-state index in [1.807, 2.05) is 25.2 Å². The molecule has 90 valence electrons. The standard InChI is InChI=1S/C12H10BrClINS/c1-16-12(9-5-17-6-10(9)13)8-4-7(14)2-3-11(8)15/h2-6,12,16H,1H3. The van der Waals surface area contributed by atoms with Crippen LogP contribution in [-0.2, 0) is 0 Å². The lowest BCUT2D eigenvalue weighted by molar-refractivity contribution is 0.688. The van der Waals surface area contributed by atoms with Crippen molar-refractivity contribution in [1.82, 2.24) is 5.32 Å². The first-order valence-electron chi connectivity index (χ1n) is 4.97. The predicted octanol–water partition coefficient (Wildman–Crippen LogP) is 5.08. The molecule has 1 N–H and O–H groups in total. The molecular formula is C12H10BrClINS. The molecule has 0 bridgehead atoms. The molecule has 1 nitrogen and oxygen atoms in total. The second kappa shape index (κ2) is 6.02. The Morgan fingerprint density at radius 2 is 2.12 bits per heavy atom. The maximum Gasteiger partial charge on any atom is 0.0604 e. The molecule has 0 amide bonds. The zero-order chi connectivity index (χ0) is 12.4. The summed E-state index contributed by atoms with van der Waals surface area (Å²) in [5, 5.41) is 8.36. The maximum absolute atomic E-state index is 6.08. The highest BCUT2D eigenvalue weighted by Gasteiger charge is 2.18. The van der Waals surface area contributed by atoms with Crippen LogP contribution in [0.5, 0.6) is 0 Å². The first-order chi connectivity index (χ1) is 8.13. The minimum Gasteiger partial charge on any atom is -0.309 e. The summed E-state index contributed by atoms with van der Waals surface area (Å²) >= 11 is 13.7. The molecule has 17 heavy (non-hydrogen) atoms. The van der Waals surface area contributed by atoms with Gasteiger partial charge in [-0.15, -0.1) is 0 Å². The first kappa shape index (κ1) is 13.8. The molecule has 0 aliphatic rings. The van der Waals surface area contributed by atoms with E-state index in [4.69, 9.17) is 11.6 Å². The van der Waals surface area contributed by atoms with Crippen LogP contribution in [0.3, 0.4) is 0 Å². The van der Waals surface area contributed by atoms with E-state index in [1.165, 1.54) is 14.7 Å². The molecule has 1 atom stereocenters. The average Bonchev–Trinajstić information content (AvgIpc) is 2.71. The van der Waals surface area contributed by atoms with Crippen molar-refractivity contribution < 1.29 is 0 Å². The monoisotopic (exact) mass is 441 g/mol. The lowest BCUT2D eigenvalue weighted by Crippen LogP contribution is -2.18. The van der Waals surface area contributed by atoms with Gasteiger partial charge in [-0.3, -0.25) is 0 Å². The molecule has 1 aromatic carbocycles. The molecule has 0 fully saturated rings. The Hall–Kier alpha value is 0.380.